The highest BCUT2D eigenvalue weighted by Gasteiger charge is 2.27. The molecule has 2 saturated heterocycles. The van der Waals surface area contributed by atoms with Crippen LogP contribution in [0.1, 0.15) is 48.0 Å². The Morgan fingerprint density at radius 2 is 1.80 bits per heavy atom. The first-order chi connectivity index (χ1) is 24.3. The zero-order chi connectivity index (χ0) is 36.7. The summed E-state index contributed by atoms with van der Waals surface area (Å²) in [5.74, 6) is 2.39. The number of aromatic nitrogens is 4. The predicted octanol–water partition coefficient (Wildman–Crippen LogP) is 2.78. The molecule has 2 aliphatic rings. The number of nitrogens with two attached hydrogens (primary N) is 2. The average molecular weight is 723 g/mol. The van der Waals surface area contributed by atoms with E-state index in [0.29, 0.717) is 76.7 Å². The van der Waals surface area contributed by atoms with Gasteiger partial charge in [-0.3, -0.25) is 13.9 Å². The third-order valence-corrected chi connectivity index (χ3v) is 10.7. The van der Waals surface area contributed by atoms with Gasteiger partial charge in [0, 0.05) is 60.2 Å². The third-order valence-electron chi connectivity index (χ3n) is 8.91. The molecule has 276 valence electrons. The first-order valence-corrected chi connectivity index (χ1v) is 18.3. The molecule has 51 heavy (non-hydrogen) atoms. The molecule has 1 amide bonds. The van der Waals surface area contributed by atoms with E-state index in [9.17, 15) is 9.00 Å². The van der Waals surface area contributed by atoms with Gasteiger partial charge in [0.25, 0.3) is 0 Å². The minimum atomic E-state index is -1.39. The fourth-order valence-electron chi connectivity index (χ4n) is 5.59. The maximum absolute atomic E-state index is 13.7. The number of rotatable bonds is 13. The van der Waals surface area contributed by atoms with Gasteiger partial charge in [-0.05, 0) is 54.0 Å². The van der Waals surface area contributed by atoms with Crippen LogP contribution in [0.25, 0.3) is 10.9 Å². The van der Waals surface area contributed by atoms with Gasteiger partial charge in [0.05, 0.1) is 59.4 Å². The highest BCUT2D eigenvalue weighted by Crippen LogP contribution is 2.35. The molecule has 0 spiro atoms. The lowest BCUT2D eigenvalue weighted by Gasteiger charge is -2.35. The summed E-state index contributed by atoms with van der Waals surface area (Å²) in [6, 6.07) is 3.68. The molecule has 0 saturated carbocycles. The molecule has 15 nitrogen and oxygen atoms in total. The summed E-state index contributed by atoms with van der Waals surface area (Å²) < 4.78 is 31.1. The lowest BCUT2D eigenvalue weighted by atomic mass is 10.2. The monoisotopic (exact) mass is 722 g/mol. The van der Waals surface area contributed by atoms with Gasteiger partial charge in [-0.25, -0.2) is 24.9 Å². The fourth-order valence-corrected chi connectivity index (χ4v) is 6.78. The smallest absolute Gasteiger partial charge is 0.225 e. The van der Waals surface area contributed by atoms with Crippen molar-refractivity contribution in [3.63, 3.8) is 0 Å². The normalized spacial score (nSPS) is 20.2. The number of nitrogens with zero attached hydrogens (tertiary/aromatic N) is 8. The van der Waals surface area contributed by atoms with Gasteiger partial charge < -0.3 is 35.5 Å². The van der Waals surface area contributed by atoms with Crippen molar-refractivity contribution in [2.24, 2.45) is 16.5 Å². The lowest BCUT2D eigenvalue weighted by Crippen LogP contribution is -2.49. The number of amides is 1. The van der Waals surface area contributed by atoms with Crippen molar-refractivity contribution >= 4 is 45.7 Å². The molecule has 3 aromatic rings. The summed E-state index contributed by atoms with van der Waals surface area (Å²) in [6.07, 6.45) is 6.25. The van der Waals surface area contributed by atoms with E-state index in [1.807, 2.05) is 33.8 Å². The molecule has 4 heterocycles. The molecule has 2 aliphatic heterocycles. The summed E-state index contributed by atoms with van der Waals surface area (Å²) in [7, 11) is -1.39. The summed E-state index contributed by atoms with van der Waals surface area (Å²) in [4.78, 5) is 40.5. The number of carbonyl (C=O) groups excluding carboxylic acids is 1. The van der Waals surface area contributed by atoms with E-state index in [1.165, 1.54) is 6.33 Å². The number of benzene rings is 1. The fraction of sp³-hybridized carbons (Fsp3) is 0.543. The highest BCUT2D eigenvalue weighted by molar-refractivity contribution is 7.86. The molecule has 3 atom stereocenters. The van der Waals surface area contributed by atoms with E-state index in [1.54, 1.807) is 37.2 Å². The number of hydrogen-bond acceptors (Lipinski definition) is 13. The van der Waals surface area contributed by atoms with Crippen molar-refractivity contribution in [1.82, 2.24) is 29.7 Å². The van der Waals surface area contributed by atoms with Crippen LogP contribution in [-0.4, -0.2) is 122 Å². The maximum atomic E-state index is 13.7. The van der Waals surface area contributed by atoms with Crippen molar-refractivity contribution in [2.45, 2.75) is 69.8 Å². The second-order valence-corrected chi connectivity index (χ2v) is 16.1. The first-order valence-electron chi connectivity index (χ1n) is 17.2. The van der Waals surface area contributed by atoms with Crippen LogP contribution < -0.4 is 25.8 Å². The summed E-state index contributed by atoms with van der Waals surface area (Å²) in [5, 5.41) is 0.628. The zero-order valence-corrected chi connectivity index (χ0v) is 31.2. The number of aliphatic imine (C=N–C) groups is 1. The van der Waals surface area contributed by atoms with Gasteiger partial charge in [0.2, 0.25) is 12.4 Å². The zero-order valence-electron chi connectivity index (χ0n) is 30.4. The summed E-state index contributed by atoms with van der Waals surface area (Å²) >= 11 is 0. The van der Waals surface area contributed by atoms with Crippen LogP contribution in [0, 0.1) is 0 Å². The van der Waals surface area contributed by atoms with Crippen LogP contribution >= 0.6 is 0 Å². The first kappa shape index (κ1) is 37.8. The van der Waals surface area contributed by atoms with Crippen molar-refractivity contribution in [3.8, 4) is 11.5 Å². The Bertz CT molecular complexity index is 1750. The number of fused-ring (bicyclic) bond motifs is 1. The number of ether oxygens (including phenoxy) is 3. The number of piperazine rings is 1. The molecule has 2 aromatic heterocycles. The molecular formula is C35H50N10O5S. The van der Waals surface area contributed by atoms with Crippen LogP contribution in [0.4, 0.5) is 11.8 Å². The Balaban J connectivity index is 1.14. The number of morpholine rings is 1. The molecule has 16 heteroatoms. The van der Waals surface area contributed by atoms with Crippen molar-refractivity contribution in [3.05, 3.63) is 42.1 Å². The summed E-state index contributed by atoms with van der Waals surface area (Å²) in [5.41, 5.74) is 14.0. The maximum Gasteiger partial charge on any atom is 0.225 e. The number of allylic oxidation sites excluding steroid dienone is 1. The van der Waals surface area contributed by atoms with Crippen LogP contribution in [0.5, 0.6) is 11.5 Å². The molecule has 0 radical (unpaired) electrons. The number of hydrogen-bond donors (Lipinski definition) is 2. The number of amidine groups is 1. The molecule has 0 aliphatic carbocycles. The summed E-state index contributed by atoms with van der Waals surface area (Å²) in [6.45, 7) is 17.2. The van der Waals surface area contributed by atoms with Gasteiger partial charge in [-0.15, -0.1) is 0 Å². The van der Waals surface area contributed by atoms with Gasteiger partial charge in [-0.2, -0.15) is 0 Å². The number of anilines is 1. The van der Waals surface area contributed by atoms with E-state index < -0.39 is 15.5 Å². The predicted molar refractivity (Wildman–Crippen MR) is 198 cm³/mol. The molecule has 2 unspecified atom stereocenters. The largest absolute Gasteiger partial charge is 0.492 e. The van der Waals surface area contributed by atoms with Crippen molar-refractivity contribution < 1.29 is 23.2 Å². The topological polar surface area (TPSA) is 188 Å². The van der Waals surface area contributed by atoms with Gasteiger partial charge in [-0.1, -0.05) is 0 Å². The van der Waals surface area contributed by atoms with Gasteiger partial charge >= 0.3 is 0 Å². The van der Waals surface area contributed by atoms with E-state index >= 15 is 0 Å². The van der Waals surface area contributed by atoms with Crippen LogP contribution in [0.2, 0.25) is 0 Å². The van der Waals surface area contributed by atoms with E-state index in [-0.39, 0.29) is 18.0 Å². The highest BCUT2D eigenvalue weighted by atomic mass is 32.2. The van der Waals surface area contributed by atoms with Crippen LogP contribution in [-0.2, 0) is 20.3 Å². The Morgan fingerprint density at radius 1 is 1.08 bits per heavy atom. The lowest BCUT2D eigenvalue weighted by molar-refractivity contribution is -0.132. The number of carbonyl (C=O) groups is 1. The Hall–Kier alpha value is -4.41. The van der Waals surface area contributed by atoms with Crippen LogP contribution in [0.15, 0.2) is 52.0 Å². The van der Waals surface area contributed by atoms with Crippen molar-refractivity contribution in [2.75, 3.05) is 64.0 Å². The molecule has 2 fully saturated rings. The molecule has 1 aromatic carbocycles. The standard InChI is InChI=1S/C35H50N10O5S/c1-23-19-49-27(18-45(23)22-46)20-50-26-16-38-34(39-17-26)44-11-9-43(10-12-44)8-7-13-48-30-15-29-28(14-31(30)51(47)35(4,5)6)33(41-21-40-29)42-32(37)24(2)25(3)36/h14-17,21-23,27H,7-13,18-20,36H2,1-6H3,(H2,37,40,41,42)/t23?,27-,51?/m1/s1. The molecule has 0 bridgehead atoms. The minimum absolute atomic E-state index is 0.0668. The third kappa shape index (κ3) is 9.68. The average Bonchev–Trinajstić information content (AvgIpc) is 3.12. The second-order valence-electron chi connectivity index (χ2n) is 13.9. The molecule has 4 N–H and O–H groups in total. The quantitative estimate of drug-likeness (QED) is 0.114. The SMILES string of the molecule is CC(N)=C(C)C(N)=Nc1ncnc2cc(OCCCN3CCN(c4ncc(OC[C@H]5CN(C=O)C(C)CO5)cn4)CC3)c(S(=O)C(C)(C)C)cc12. The van der Waals surface area contributed by atoms with Crippen LogP contribution in [0.3, 0.4) is 0 Å². The molecule has 5 rings (SSSR count). The Morgan fingerprint density at radius 3 is 2.47 bits per heavy atom. The van der Waals surface area contributed by atoms with Gasteiger partial charge in [0.1, 0.15) is 30.6 Å². The Kier molecular flexibility index (Phi) is 12.4. The van der Waals surface area contributed by atoms with E-state index in [0.717, 1.165) is 45.6 Å². The van der Waals surface area contributed by atoms with Gasteiger partial charge in [0.15, 0.2) is 11.6 Å². The van der Waals surface area contributed by atoms with Crippen molar-refractivity contribution in [1.29, 1.82) is 0 Å². The second kappa shape index (κ2) is 16.7. The van der Waals surface area contributed by atoms with E-state index in [4.69, 9.17) is 25.7 Å². The van der Waals surface area contributed by atoms with E-state index in [2.05, 4.69) is 34.7 Å². The Labute approximate surface area is 301 Å². The minimum Gasteiger partial charge on any atom is -0.492 e. The molecular weight excluding hydrogens is 673 g/mol.